The van der Waals surface area contributed by atoms with Crippen LogP contribution in [0.2, 0.25) is 0 Å². The summed E-state index contributed by atoms with van der Waals surface area (Å²) < 4.78 is 0. The van der Waals surface area contributed by atoms with Crippen LogP contribution < -0.4 is 5.32 Å². The van der Waals surface area contributed by atoms with Gasteiger partial charge in [0.15, 0.2) is 0 Å². The van der Waals surface area contributed by atoms with Gasteiger partial charge in [0.05, 0.1) is 4.92 Å². The van der Waals surface area contributed by atoms with Crippen molar-refractivity contribution in [2.75, 3.05) is 25.5 Å². The minimum Gasteiger partial charge on any atom is -0.477 e. The van der Waals surface area contributed by atoms with Gasteiger partial charge in [0.2, 0.25) is 0 Å². The highest BCUT2D eigenvalue weighted by molar-refractivity contribution is 5.93. The van der Waals surface area contributed by atoms with Crippen molar-refractivity contribution in [1.29, 1.82) is 0 Å². The molecule has 1 saturated heterocycles. The Balaban J connectivity index is 2.21. The molecule has 0 saturated carbocycles. The van der Waals surface area contributed by atoms with Crippen LogP contribution in [0.3, 0.4) is 0 Å². The van der Waals surface area contributed by atoms with Gasteiger partial charge < -0.3 is 15.3 Å². The predicted octanol–water partition coefficient (Wildman–Crippen LogP) is 1.41. The van der Waals surface area contributed by atoms with Gasteiger partial charge >= 0.3 is 5.97 Å². The number of benzene rings is 1. The van der Waals surface area contributed by atoms with Gasteiger partial charge in [0.25, 0.3) is 5.69 Å². The van der Waals surface area contributed by atoms with E-state index < -0.39 is 10.9 Å². The molecule has 0 aromatic heterocycles. The van der Waals surface area contributed by atoms with E-state index in [4.69, 9.17) is 5.11 Å². The minimum absolute atomic E-state index is 0.244. The molecule has 0 radical (unpaired) electrons. The van der Waals surface area contributed by atoms with Crippen LogP contribution in [0.15, 0.2) is 18.2 Å². The number of anilines is 1. The van der Waals surface area contributed by atoms with Crippen molar-refractivity contribution in [2.45, 2.75) is 12.5 Å². The molecule has 1 aromatic rings. The molecule has 0 amide bonds. The van der Waals surface area contributed by atoms with Crippen molar-refractivity contribution in [1.82, 2.24) is 4.90 Å². The summed E-state index contributed by atoms with van der Waals surface area (Å²) >= 11 is 0. The van der Waals surface area contributed by atoms with Crippen LogP contribution in [0.4, 0.5) is 11.4 Å². The number of nitrogens with one attached hydrogen (secondary N) is 1. The third-order valence-corrected chi connectivity index (χ3v) is 3.19. The number of hydrogen-bond acceptors (Lipinski definition) is 5. The zero-order valence-electron chi connectivity index (χ0n) is 10.5. The first-order valence-corrected chi connectivity index (χ1v) is 5.94. The number of nitrogens with zero attached hydrogens (tertiary/aromatic N) is 2. The maximum absolute atomic E-state index is 11.0. The van der Waals surface area contributed by atoms with Crippen LogP contribution in [0.1, 0.15) is 16.8 Å². The summed E-state index contributed by atoms with van der Waals surface area (Å²) in [6.45, 7) is 1.86. The van der Waals surface area contributed by atoms with E-state index in [0.717, 1.165) is 19.5 Å². The van der Waals surface area contributed by atoms with Gasteiger partial charge in [-0.25, -0.2) is 4.79 Å². The molecule has 0 aliphatic carbocycles. The molecule has 1 fully saturated rings. The van der Waals surface area contributed by atoms with Gasteiger partial charge in [-0.2, -0.15) is 0 Å². The minimum atomic E-state index is -1.29. The number of likely N-dealkylation sites (N-methyl/N-ethyl adjacent to an activating group) is 1. The second-order valence-corrected chi connectivity index (χ2v) is 4.69. The second-order valence-electron chi connectivity index (χ2n) is 4.69. The largest absolute Gasteiger partial charge is 0.477 e. The number of rotatable bonds is 4. The van der Waals surface area contributed by atoms with E-state index in [-0.39, 0.29) is 17.3 Å². The summed E-state index contributed by atoms with van der Waals surface area (Å²) in [5, 5.41) is 22.9. The average Bonchev–Trinajstić information content (AvgIpc) is 2.74. The zero-order chi connectivity index (χ0) is 14.0. The average molecular weight is 265 g/mol. The van der Waals surface area contributed by atoms with Gasteiger partial charge in [-0.1, -0.05) is 0 Å². The lowest BCUT2D eigenvalue weighted by atomic mass is 10.1. The lowest BCUT2D eigenvalue weighted by Gasteiger charge is -2.14. The molecular weight excluding hydrogens is 250 g/mol. The highest BCUT2D eigenvalue weighted by Gasteiger charge is 2.22. The highest BCUT2D eigenvalue weighted by atomic mass is 16.6. The SMILES string of the molecule is CN1CCC(Nc2ccc([N+](=O)[O-])c(C(=O)O)c2)C1. The molecule has 2 N–H and O–H groups in total. The summed E-state index contributed by atoms with van der Waals surface area (Å²) in [6, 6.07) is 4.33. The fourth-order valence-corrected chi connectivity index (χ4v) is 2.24. The van der Waals surface area contributed by atoms with E-state index in [2.05, 4.69) is 10.2 Å². The topological polar surface area (TPSA) is 95.7 Å². The molecule has 19 heavy (non-hydrogen) atoms. The van der Waals surface area contributed by atoms with Crippen molar-refractivity contribution >= 4 is 17.3 Å². The Hall–Kier alpha value is -2.15. The van der Waals surface area contributed by atoms with Crippen molar-refractivity contribution in [3.8, 4) is 0 Å². The summed E-state index contributed by atoms with van der Waals surface area (Å²) in [6.07, 6.45) is 0.968. The van der Waals surface area contributed by atoms with Crippen molar-refractivity contribution < 1.29 is 14.8 Å². The smallest absolute Gasteiger partial charge is 0.342 e. The molecule has 1 heterocycles. The van der Waals surface area contributed by atoms with Gasteiger partial charge in [0.1, 0.15) is 5.56 Å². The first-order chi connectivity index (χ1) is 8.97. The maximum atomic E-state index is 11.0. The standard InChI is InChI=1S/C12H15N3O4/c1-14-5-4-9(7-14)13-8-2-3-11(15(18)19)10(6-8)12(16)17/h2-3,6,9,13H,4-5,7H2,1H3,(H,16,17). The summed E-state index contributed by atoms with van der Waals surface area (Å²) in [5.41, 5.74) is -0.0776. The number of carboxylic acids is 1. The van der Waals surface area contributed by atoms with E-state index in [1.54, 1.807) is 6.07 Å². The van der Waals surface area contributed by atoms with Crippen molar-refractivity contribution in [2.24, 2.45) is 0 Å². The quantitative estimate of drug-likeness (QED) is 0.631. The van der Waals surface area contributed by atoms with Crippen LogP contribution >= 0.6 is 0 Å². The molecule has 7 heteroatoms. The number of carbonyl (C=O) groups is 1. The monoisotopic (exact) mass is 265 g/mol. The van der Waals surface area contributed by atoms with Gasteiger partial charge in [-0.15, -0.1) is 0 Å². The summed E-state index contributed by atoms with van der Waals surface area (Å²) in [5.74, 6) is -1.29. The highest BCUT2D eigenvalue weighted by Crippen LogP contribution is 2.24. The van der Waals surface area contributed by atoms with E-state index in [1.165, 1.54) is 12.1 Å². The molecule has 2 rings (SSSR count). The zero-order valence-corrected chi connectivity index (χ0v) is 10.5. The molecule has 1 aliphatic heterocycles. The van der Waals surface area contributed by atoms with Gasteiger partial charge in [-0.05, 0) is 32.1 Å². The fraction of sp³-hybridized carbons (Fsp3) is 0.417. The summed E-state index contributed by atoms with van der Waals surface area (Å²) in [7, 11) is 2.01. The second kappa shape index (κ2) is 5.23. The normalized spacial score (nSPS) is 19.3. The summed E-state index contributed by atoms with van der Waals surface area (Å²) in [4.78, 5) is 23.3. The van der Waals surface area contributed by atoms with E-state index in [0.29, 0.717) is 5.69 Å². The van der Waals surface area contributed by atoms with E-state index in [1.807, 2.05) is 7.05 Å². The Kier molecular flexibility index (Phi) is 3.66. The number of nitro benzene ring substituents is 1. The van der Waals surface area contributed by atoms with Crippen LogP contribution in [0.25, 0.3) is 0 Å². The molecule has 0 bridgehead atoms. The molecule has 7 nitrogen and oxygen atoms in total. The number of nitro groups is 1. The molecule has 0 spiro atoms. The van der Waals surface area contributed by atoms with Crippen LogP contribution in [0, 0.1) is 10.1 Å². The van der Waals surface area contributed by atoms with Gasteiger partial charge in [-0.3, -0.25) is 10.1 Å². The molecule has 102 valence electrons. The number of hydrogen-bond donors (Lipinski definition) is 2. The third-order valence-electron chi connectivity index (χ3n) is 3.19. The lowest BCUT2D eigenvalue weighted by molar-refractivity contribution is -0.385. The Morgan fingerprint density at radius 2 is 2.32 bits per heavy atom. The van der Waals surface area contributed by atoms with Crippen LogP contribution in [-0.2, 0) is 0 Å². The first kappa shape index (κ1) is 13.3. The lowest BCUT2D eigenvalue weighted by Crippen LogP contribution is -2.23. The molecule has 1 unspecified atom stereocenters. The van der Waals surface area contributed by atoms with Gasteiger partial charge in [0, 0.05) is 24.3 Å². The van der Waals surface area contributed by atoms with Crippen molar-refractivity contribution in [3.63, 3.8) is 0 Å². The Morgan fingerprint density at radius 1 is 1.58 bits per heavy atom. The van der Waals surface area contributed by atoms with Crippen LogP contribution in [0.5, 0.6) is 0 Å². The number of carboxylic acid groups (broad SMARTS) is 1. The van der Waals surface area contributed by atoms with Crippen LogP contribution in [-0.4, -0.2) is 47.1 Å². The third kappa shape index (κ3) is 3.00. The Morgan fingerprint density at radius 3 is 2.84 bits per heavy atom. The maximum Gasteiger partial charge on any atom is 0.342 e. The fourth-order valence-electron chi connectivity index (χ4n) is 2.24. The molecular formula is C12H15N3O4. The van der Waals surface area contributed by atoms with E-state index >= 15 is 0 Å². The van der Waals surface area contributed by atoms with E-state index in [9.17, 15) is 14.9 Å². The predicted molar refractivity (Wildman–Crippen MR) is 69.6 cm³/mol. The Labute approximate surface area is 110 Å². The molecule has 1 atom stereocenters. The first-order valence-electron chi connectivity index (χ1n) is 5.94. The molecule has 1 aliphatic rings. The number of likely N-dealkylation sites (tertiary alicyclic amines) is 1. The number of aromatic carboxylic acids is 1. The Bertz CT molecular complexity index is 518. The molecule has 1 aromatic carbocycles. The van der Waals surface area contributed by atoms with Crippen molar-refractivity contribution in [3.05, 3.63) is 33.9 Å².